The van der Waals surface area contributed by atoms with E-state index in [4.69, 9.17) is 9.52 Å². The first-order chi connectivity index (χ1) is 7.72. The van der Waals surface area contributed by atoms with Gasteiger partial charge in [-0.3, -0.25) is 4.79 Å². The number of rotatable bonds is 3. The fourth-order valence-corrected chi connectivity index (χ4v) is 2.28. The van der Waals surface area contributed by atoms with Crippen molar-refractivity contribution in [3.05, 3.63) is 23.7 Å². The van der Waals surface area contributed by atoms with Crippen LogP contribution in [0.15, 0.2) is 16.7 Å². The van der Waals surface area contributed by atoms with Crippen molar-refractivity contribution < 1.29 is 14.3 Å². The van der Waals surface area contributed by atoms with Gasteiger partial charge in [0.1, 0.15) is 0 Å². The molecule has 1 fully saturated rings. The van der Waals surface area contributed by atoms with Gasteiger partial charge in [-0.25, -0.2) is 0 Å². The van der Waals surface area contributed by atoms with Gasteiger partial charge in [0.15, 0.2) is 5.76 Å². The number of aryl methyl sites for hydroxylation is 1. The average Bonchev–Trinajstić information content (AvgIpc) is 2.86. The second-order valence-electron chi connectivity index (χ2n) is 4.39. The second kappa shape index (κ2) is 4.70. The van der Waals surface area contributed by atoms with Gasteiger partial charge in [0.05, 0.1) is 6.26 Å². The standard InChI is InChI=1S/C12H17NO3/c1-8-5-6-16-11(8)12(15)13-10-4-2-3-9(10)7-14/h5-6,9-10,14H,2-4,7H2,1H3,(H,13,15). The Morgan fingerprint density at radius 3 is 3.06 bits per heavy atom. The fraction of sp³-hybridized carbons (Fsp3) is 0.583. The Bertz CT molecular complexity index is 372. The molecule has 0 aromatic carbocycles. The molecule has 4 nitrogen and oxygen atoms in total. The van der Waals surface area contributed by atoms with E-state index in [1.807, 2.05) is 6.92 Å². The number of furan rings is 1. The van der Waals surface area contributed by atoms with Gasteiger partial charge in [0.2, 0.25) is 0 Å². The Kier molecular flexibility index (Phi) is 3.29. The largest absolute Gasteiger partial charge is 0.459 e. The third-order valence-corrected chi connectivity index (χ3v) is 3.28. The van der Waals surface area contributed by atoms with E-state index in [2.05, 4.69) is 5.32 Å². The van der Waals surface area contributed by atoms with Crippen LogP contribution >= 0.6 is 0 Å². The lowest BCUT2D eigenvalue weighted by molar-refractivity contribution is 0.0887. The average molecular weight is 223 g/mol. The summed E-state index contributed by atoms with van der Waals surface area (Å²) in [5, 5.41) is 12.1. The van der Waals surface area contributed by atoms with Crippen molar-refractivity contribution in [2.75, 3.05) is 6.61 Å². The molecule has 0 saturated heterocycles. The van der Waals surface area contributed by atoms with Crippen molar-refractivity contribution in [3.63, 3.8) is 0 Å². The minimum atomic E-state index is -0.173. The molecule has 2 rings (SSSR count). The molecule has 1 aromatic rings. The summed E-state index contributed by atoms with van der Waals surface area (Å²) in [6, 6.07) is 1.86. The molecule has 0 radical (unpaired) electrons. The third-order valence-electron chi connectivity index (χ3n) is 3.28. The summed E-state index contributed by atoms with van der Waals surface area (Å²) < 4.78 is 5.13. The van der Waals surface area contributed by atoms with E-state index in [0.717, 1.165) is 24.8 Å². The van der Waals surface area contributed by atoms with Crippen molar-refractivity contribution in [2.24, 2.45) is 5.92 Å². The molecule has 1 aliphatic carbocycles. The molecule has 2 atom stereocenters. The van der Waals surface area contributed by atoms with Crippen LogP contribution in [-0.2, 0) is 0 Å². The minimum absolute atomic E-state index is 0.0852. The monoisotopic (exact) mass is 223 g/mol. The Morgan fingerprint density at radius 1 is 1.62 bits per heavy atom. The van der Waals surface area contributed by atoms with Gasteiger partial charge in [-0.1, -0.05) is 6.42 Å². The smallest absolute Gasteiger partial charge is 0.287 e. The van der Waals surface area contributed by atoms with E-state index in [1.54, 1.807) is 6.07 Å². The molecule has 1 heterocycles. The molecule has 16 heavy (non-hydrogen) atoms. The van der Waals surface area contributed by atoms with Crippen molar-refractivity contribution in [3.8, 4) is 0 Å². The van der Waals surface area contributed by atoms with Crippen LogP contribution in [0.3, 0.4) is 0 Å². The lowest BCUT2D eigenvalue weighted by atomic mass is 10.0. The van der Waals surface area contributed by atoms with Crippen LogP contribution in [0.1, 0.15) is 35.4 Å². The zero-order valence-electron chi connectivity index (χ0n) is 9.40. The summed E-state index contributed by atoms with van der Waals surface area (Å²) in [4.78, 5) is 11.9. The zero-order chi connectivity index (χ0) is 11.5. The summed E-state index contributed by atoms with van der Waals surface area (Å²) in [5.74, 6) is 0.399. The van der Waals surface area contributed by atoms with Crippen molar-refractivity contribution in [1.82, 2.24) is 5.32 Å². The molecular weight excluding hydrogens is 206 g/mol. The first-order valence-electron chi connectivity index (χ1n) is 5.68. The molecule has 1 aromatic heterocycles. The van der Waals surface area contributed by atoms with Crippen LogP contribution in [0.4, 0.5) is 0 Å². The van der Waals surface area contributed by atoms with Crippen LogP contribution in [0.2, 0.25) is 0 Å². The maximum absolute atomic E-state index is 11.9. The summed E-state index contributed by atoms with van der Waals surface area (Å²) in [6.45, 7) is 1.98. The third kappa shape index (κ3) is 2.11. The molecule has 2 N–H and O–H groups in total. The van der Waals surface area contributed by atoms with E-state index >= 15 is 0 Å². The SMILES string of the molecule is Cc1ccoc1C(=O)NC1CCCC1CO. The van der Waals surface area contributed by atoms with Crippen LogP contribution in [0, 0.1) is 12.8 Å². The van der Waals surface area contributed by atoms with E-state index in [-0.39, 0.29) is 24.5 Å². The fourth-order valence-electron chi connectivity index (χ4n) is 2.28. The highest BCUT2D eigenvalue weighted by molar-refractivity contribution is 5.93. The van der Waals surface area contributed by atoms with E-state index in [1.165, 1.54) is 6.26 Å². The van der Waals surface area contributed by atoms with Gasteiger partial charge in [0.25, 0.3) is 5.91 Å². The predicted molar refractivity (Wildman–Crippen MR) is 59.1 cm³/mol. The molecule has 1 saturated carbocycles. The molecule has 0 spiro atoms. The topological polar surface area (TPSA) is 62.5 Å². The van der Waals surface area contributed by atoms with Gasteiger partial charge >= 0.3 is 0 Å². The maximum atomic E-state index is 11.9. The number of carbonyl (C=O) groups is 1. The summed E-state index contributed by atoms with van der Waals surface area (Å²) in [5.41, 5.74) is 0.844. The second-order valence-corrected chi connectivity index (χ2v) is 4.39. The number of hydrogen-bond acceptors (Lipinski definition) is 3. The number of nitrogens with one attached hydrogen (secondary N) is 1. The Balaban J connectivity index is 2.00. The molecule has 0 bridgehead atoms. The number of carbonyl (C=O) groups excluding carboxylic acids is 1. The lowest BCUT2D eigenvalue weighted by Gasteiger charge is -2.18. The van der Waals surface area contributed by atoms with Crippen molar-refractivity contribution in [1.29, 1.82) is 0 Å². The highest BCUT2D eigenvalue weighted by Gasteiger charge is 2.29. The quantitative estimate of drug-likeness (QED) is 0.815. The Hall–Kier alpha value is -1.29. The van der Waals surface area contributed by atoms with Crippen LogP contribution in [-0.4, -0.2) is 23.7 Å². The summed E-state index contributed by atoms with van der Waals surface area (Å²) in [6.07, 6.45) is 4.50. The van der Waals surface area contributed by atoms with Gasteiger partial charge < -0.3 is 14.8 Å². The van der Waals surface area contributed by atoms with Gasteiger partial charge in [-0.2, -0.15) is 0 Å². The Morgan fingerprint density at radius 2 is 2.44 bits per heavy atom. The van der Waals surface area contributed by atoms with E-state index < -0.39 is 0 Å². The number of amides is 1. The summed E-state index contributed by atoms with van der Waals surface area (Å²) in [7, 11) is 0. The number of aliphatic hydroxyl groups is 1. The Labute approximate surface area is 94.6 Å². The zero-order valence-corrected chi connectivity index (χ0v) is 9.40. The molecule has 2 unspecified atom stereocenters. The van der Waals surface area contributed by atoms with Crippen molar-refractivity contribution >= 4 is 5.91 Å². The number of aliphatic hydroxyl groups excluding tert-OH is 1. The van der Waals surface area contributed by atoms with Crippen molar-refractivity contribution in [2.45, 2.75) is 32.2 Å². The predicted octanol–water partition coefficient (Wildman–Crippen LogP) is 1.48. The molecule has 1 aliphatic rings. The van der Waals surface area contributed by atoms with E-state index in [9.17, 15) is 4.79 Å². The van der Waals surface area contributed by atoms with Crippen LogP contribution in [0.25, 0.3) is 0 Å². The molecule has 1 amide bonds. The normalized spacial score (nSPS) is 24.6. The first-order valence-corrected chi connectivity index (χ1v) is 5.68. The van der Waals surface area contributed by atoms with Gasteiger partial charge in [-0.05, 0) is 25.8 Å². The molecular formula is C12H17NO3. The molecule has 4 heteroatoms. The highest BCUT2D eigenvalue weighted by atomic mass is 16.3. The first kappa shape index (κ1) is 11.2. The maximum Gasteiger partial charge on any atom is 0.287 e. The van der Waals surface area contributed by atoms with Crippen LogP contribution < -0.4 is 5.32 Å². The molecule has 88 valence electrons. The number of hydrogen-bond donors (Lipinski definition) is 2. The van der Waals surface area contributed by atoms with Crippen LogP contribution in [0.5, 0.6) is 0 Å². The van der Waals surface area contributed by atoms with Gasteiger partial charge in [-0.15, -0.1) is 0 Å². The minimum Gasteiger partial charge on any atom is -0.459 e. The molecule has 0 aliphatic heterocycles. The highest BCUT2D eigenvalue weighted by Crippen LogP contribution is 2.25. The summed E-state index contributed by atoms with van der Waals surface area (Å²) >= 11 is 0. The van der Waals surface area contributed by atoms with Gasteiger partial charge in [0, 0.05) is 24.1 Å². The lowest BCUT2D eigenvalue weighted by Crippen LogP contribution is -2.38. The van der Waals surface area contributed by atoms with E-state index in [0.29, 0.717) is 5.76 Å².